The first kappa shape index (κ1) is 51.5. The van der Waals surface area contributed by atoms with Crippen molar-refractivity contribution in [2.45, 2.75) is 181 Å². The Labute approximate surface area is 373 Å². The standard InChI is InChI=1S/C52H78N4O6/c1-5-7-9-11-13-15-17-19-21-29-35-61-49(57)47(38-43-31-25-23-26-32-43)55-51(59)53-45-40-46(42(4)37-41(45)3)54-52(60)56-48(39-44-33-27-24-28-34-44)50(58)62-36-30-22-20-18-16-14-12-10-8-6-2/h23-28,31-34,37,40,47-48H,5-22,29-30,35-36,38-39H2,1-4H3,(H2,53,55,59)(H2,54,56,60). The lowest BCUT2D eigenvalue weighted by atomic mass is 10.1. The van der Waals surface area contributed by atoms with Crippen molar-refractivity contribution in [3.8, 4) is 0 Å². The van der Waals surface area contributed by atoms with Crippen LogP contribution in [0.1, 0.15) is 165 Å². The summed E-state index contributed by atoms with van der Waals surface area (Å²) in [6.45, 7) is 8.79. The SMILES string of the molecule is CCCCCCCCCCCCOC(=O)C(Cc1ccccc1)NC(=O)Nc1cc(NC(=O)NC(Cc2ccccc2)C(=O)OCCCCCCCCCCCC)c(C)cc1C. The number of benzene rings is 3. The summed E-state index contributed by atoms with van der Waals surface area (Å²) in [7, 11) is 0. The third-order valence-corrected chi connectivity index (χ3v) is 11.3. The minimum atomic E-state index is -0.902. The van der Waals surface area contributed by atoms with Crippen LogP contribution >= 0.6 is 0 Å². The normalized spacial score (nSPS) is 11.9. The molecule has 4 N–H and O–H groups in total. The van der Waals surface area contributed by atoms with E-state index in [0.717, 1.165) is 60.8 Å². The number of unbranched alkanes of at least 4 members (excludes halogenated alkanes) is 18. The molecule has 0 spiro atoms. The molecule has 0 bridgehead atoms. The maximum Gasteiger partial charge on any atom is 0.329 e. The van der Waals surface area contributed by atoms with Gasteiger partial charge < -0.3 is 30.7 Å². The molecule has 0 saturated carbocycles. The Morgan fingerprint density at radius 2 is 0.774 bits per heavy atom. The highest BCUT2D eigenvalue weighted by Gasteiger charge is 2.25. The summed E-state index contributed by atoms with van der Waals surface area (Å²) in [6, 6.07) is 19.6. The van der Waals surface area contributed by atoms with E-state index in [0.29, 0.717) is 24.6 Å². The third kappa shape index (κ3) is 22.3. The number of hydrogen-bond donors (Lipinski definition) is 4. The fourth-order valence-corrected chi connectivity index (χ4v) is 7.57. The molecule has 0 heterocycles. The minimum absolute atomic E-state index is 0.275. The Morgan fingerprint density at radius 3 is 1.11 bits per heavy atom. The summed E-state index contributed by atoms with van der Waals surface area (Å²) in [5, 5.41) is 11.4. The van der Waals surface area contributed by atoms with Gasteiger partial charge in [-0.1, -0.05) is 196 Å². The van der Waals surface area contributed by atoms with Crippen LogP contribution < -0.4 is 21.3 Å². The van der Waals surface area contributed by atoms with E-state index in [4.69, 9.17) is 9.47 Å². The summed E-state index contributed by atoms with van der Waals surface area (Å²) >= 11 is 0. The summed E-state index contributed by atoms with van der Waals surface area (Å²) in [4.78, 5) is 53.6. The molecule has 3 aromatic rings. The van der Waals surface area contributed by atoms with Crippen molar-refractivity contribution in [2.75, 3.05) is 23.8 Å². The number of ether oxygens (including phenoxy) is 2. The quantitative estimate of drug-likeness (QED) is 0.0365. The number of rotatable bonds is 32. The van der Waals surface area contributed by atoms with Gasteiger partial charge in [-0.25, -0.2) is 19.2 Å². The van der Waals surface area contributed by atoms with Crippen LogP contribution in [-0.4, -0.2) is 49.3 Å². The fraction of sp³-hybridized carbons (Fsp3) is 0.577. The molecule has 10 heteroatoms. The van der Waals surface area contributed by atoms with Crippen molar-refractivity contribution in [2.24, 2.45) is 0 Å². The number of carbonyl (C=O) groups excluding carboxylic acids is 4. The lowest BCUT2D eigenvalue weighted by Crippen LogP contribution is -2.45. The molecule has 2 atom stereocenters. The maximum atomic E-state index is 13.5. The van der Waals surface area contributed by atoms with Gasteiger partial charge >= 0.3 is 24.0 Å². The average molecular weight is 855 g/mol. The molecule has 10 nitrogen and oxygen atoms in total. The van der Waals surface area contributed by atoms with Crippen molar-refractivity contribution in [3.63, 3.8) is 0 Å². The largest absolute Gasteiger partial charge is 0.464 e. The molecule has 4 amide bonds. The second-order valence-electron chi connectivity index (χ2n) is 16.9. The summed E-state index contributed by atoms with van der Waals surface area (Å²) < 4.78 is 11.4. The summed E-state index contributed by atoms with van der Waals surface area (Å²) in [5.74, 6) is -0.960. The van der Waals surface area contributed by atoms with Gasteiger partial charge in [-0.3, -0.25) is 0 Å². The second kappa shape index (κ2) is 31.9. The van der Waals surface area contributed by atoms with E-state index in [1.807, 2.05) is 80.6 Å². The number of hydrogen-bond acceptors (Lipinski definition) is 6. The van der Waals surface area contributed by atoms with Crippen molar-refractivity contribution >= 4 is 35.4 Å². The highest BCUT2D eigenvalue weighted by atomic mass is 16.5. The first-order valence-electron chi connectivity index (χ1n) is 23.9. The molecule has 342 valence electrons. The van der Waals surface area contributed by atoms with E-state index in [-0.39, 0.29) is 12.8 Å². The zero-order valence-corrected chi connectivity index (χ0v) is 38.5. The molecule has 2 unspecified atom stereocenters. The number of anilines is 2. The van der Waals surface area contributed by atoms with Crippen molar-refractivity contribution in [1.82, 2.24) is 10.6 Å². The Kier molecular flexibility index (Phi) is 26.5. The van der Waals surface area contributed by atoms with Crippen LogP contribution in [0, 0.1) is 13.8 Å². The van der Waals surface area contributed by atoms with E-state index >= 15 is 0 Å². The van der Waals surface area contributed by atoms with Gasteiger partial charge in [0.25, 0.3) is 0 Å². The topological polar surface area (TPSA) is 135 Å². The molecular weight excluding hydrogens is 777 g/mol. The number of nitrogens with one attached hydrogen (secondary N) is 4. The molecule has 0 aliphatic heterocycles. The van der Waals surface area contributed by atoms with Crippen LogP contribution in [0.2, 0.25) is 0 Å². The Hall–Kier alpha value is -4.86. The number of urea groups is 2. The summed E-state index contributed by atoms with van der Waals surface area (Å²) in [5.41, 5.74) is 4.24. The van der Waals surface area contributed by atoms with Crippen molar-refractivity contribution in [1.29, 1.82) is 0 Å². The Morgan fingerprint density at radius 1 is 0.452 bits per heavy atom. The number of esters is 2. The lowest BCUT2D eigenvalue weighted by Gasteiger charge is -2.21. The predicted octanol–water partition coefficient (Wildman–Crippen LogP) is 12.7. The predicted molar refractivity (Wildman–Crippen MR) is 254 cm³/mol. The Bertz CT molecular complexity index is 1580. The van der Waals surface area contributed by atoms with Gasteiger partial charge in [-0.15, -0.1) is 0 Å². The van der Waals surface area contributed by atoms with E-state index in [2.05, 4.69) is 35.1 Å². The second-order valence-corrected chi connectivity index (χ2v) is 16.9. The van der Waals surface area contributed by atoms with Gasteiger partial charge in [0.2, 0.25) is 0 Å². The highest BCUT2D eigenvalue weighted by molar-refractivity contribution is 5.97. The maximum absolute atomic E-state index is 13.5. The van der Waals surface area contributed by atoms with Gasteiger partial charge in [0.1, 0.15) is 12.1 Å². The van der Waals surface area contributed by atoms with Gasteiger partial charge in [-0.2, -0.15) is 0 Å². The van der Waals surface area contributed by atoms with Gasteiger partial charge in [0.05, 0.1) is 13.2 Å². The molecule has 0 aromatic heterocycles. The molecule has 3 aromatic carbocycles. The molecule has 0 aliphatic rings. The number of aryl methyl sites for hydroxylation is 2. The van der Waals surface area contributed by atoms with Gasteiger partial charge in [0, 0.05) is 24.2 Å². The first-order valence-corrected chi connectivity index (χ1v) is 23.9. The molecule has 0 aliphatic carbocycles. The van der Waals surface area contributed by atoms with E-state index in [1.165, 1.54) is 89.9 Å². The van der Waals surface area contributed by atoms with E-state index < -0.39 is 36.1 Å². The molecule has 0 fully saturated rings. The molecule has 0 radical (unpaired) electrons. The third-order valence-electron chi connectivity index (χ3n) is 11.3. The van der Waals surface area contributed by atoms with Gasteiger partial charge in [0.15, 0.2) is 0 Å². The zero-order valence-electron chi connectivity index (χ0n) is 38.5. The zero-order chi connectivity index (χ0) is 44.6. The smallest absolute Gasteiger partial charge is 0.329 e. The molecule has 62 heavy (non-hydrogen) atoms. The molecular formula is C52H78N4O6. The van der Waals surface area contributed by atoms with Crippen LogP contribution in [0.3, 0.4) is 0 Å². The van der Waals surface area contributed by atoms with Crippen LogP contribution in [0.4, 0.5) is 21.0 Å². The van der Waals surface area contributed by atoms with Crippen LogP contribution in [0.15, 0.2) is 72.8 Å². The average Bonchev–Trinajstić information content (AvgIpc) is 3.26. The molecule has 0 saturated heterocycles. The van der Waals surface area contributed by atoms with E-state index in [9.17, 15) is 19.2 Å². The monoisotopic (exact) mass is 855 g/mol. The van der Waals surface area contributed by atoms with Crippen molar-refractivity contribution < 1.29 is 28.7 Å². The van der Waals surface area contributed by atoms with Crippen LogP contribution in [-0.2, 0) is 31.9 Å². The highest BCUT2D eigenvalue weighted by Crippen LogP contribution is 2.25. The number of carbonyl (C=O) groups is 4. The van der Waals surface area contributed by atoms with Gasteiger partial charge in [-0.05, 0) is 55.0 Å². The first-order chi connectivity index (χ1) is 30.2. The minimum Gasteiger partial charge on any atom is -0.464 e. The fourth-order valence-electron chi connectivity index (χ4n) is 7.57. The lowest BCUT2D eigenvalue weighted by molar-refractivity contribution is -0.146. The van der Waals surface area contributed by atoms with Crippen LogP contribution in [0.25, 0.3) is 0 Å². The van der Waals surface area contributed by atoms with Crippen molar-refractivity contribution in [3.05, 3.63) is 95.1 Å². The van der Waals surface area contributed by atoms with Crippen LogP contribution in [0.5, 0.6) is 0 Å². The number of amides is 4. The summed E-state index contributed by atoms with van der Waals surface area (Å²) in [6.07, 6.45) is 24.2. The molecule has 3 rings (SSSR count). The Balaban J connectivity index is 1.55. The van der Waals surface area contributed by atoms with E-state index in [1.54, 1.807) is 6.07 Å².